The van der Waals surface area contributed by atoms with Crippen molar-refractivity contribution in [2.45, 2.75) is 17.8 Å². The lowest BCUT2D eigenvalue weighted by atomic mass is 10.0. The van der Waals surface area contributed by atoms with Gasteiger partial charge in [0.25, 0.3) is 11.5 Å². The van der Waals surface area contributed by atoms with Gasteiger partial charge in [0.1, 0.15) is 0 Å². The lowest BCUT2D eigenvalue weighted by molar-refractivity contribution is -0.192. The van der Waals surface area contributed by atoms with Crippen molar-refractivity contribution in [1.29, 1.82) is 0 Å². The summed E-state index contributed by atoms with van der Waals surface area (Å²) in [4.78, 5) is 21.8. The van der Waals surface area contributed by atoms with Crippen LogP contribution in [0.4, 0.5) is 17.6 Å². The van der Waals surface area contributed by atoms with E-state index in [1.807, 2.05) is 19.0 Å². The number of carboxylic acid groups (broad SMARTS) is 1. The van der Waals surface area contributed by atoms with E-state index in [-0.39, 0.29) is 12.0 Å². The summed E-state index contributed by atoms with van der Waals surface area (Å²) in [6.07, 6.45) is -5.08. The number of carboxylic acids is 1. The molecule has 0 aromatic heterocycles. The van der Waals surface area contributed by atoms with E-state index < -0.39 is 23.7 Å². The maximum absolute atomic E-state index is 12.3. The normalized spacial score (nSPS) is 22.7. The fraction of sp³-hybridized carbons (Fsp3) is 0.818. The van der Waals surface area contributed by atoms with Crippen LogP contribution >= 0.6 is 11.6 Å². The van der Waals surface area contributed by atoms with Crippen molar-refractivity contribution in [1.82, 2.24) is 10.2 Å². The van der Waals surface area contributed by atoms with Gasteiger partial charge in [0, 0.05) is 18.5 Å². The van der Waals surface area contributed by atoms with Crippen LogP contribution in [0.2, 0.25) is 0 Å². The van der Waals surface area contributed by atoms with E-state index in [1.54, 1.807) is 0 Å². The Morgan fingerprint density at radius 2 is 1.91 bits per heavy atom. The molecular weight excluding hydrogens is 336 g/mol. The first-order valence-corrected chi connectivity index (χ1v) is 6.50. The molecular formula is C11H17ClF4N2O4. The molecule has 11 heteroatoms. The van der Waals surface area contributed by atoms with Gasteiger partial charge in [0.2, 0.25) is 0 Å². The number of halogens is 5. The smallest absolute Gasteiger partial charge is 0.475 e. The molecule has 1 heterocycles. The molecule has 1 aliphatic rings. The number of alkyl halides is 5. The number of carbonyl (C=O) groups is 2. The minimum Gasteiger partial charge on any atom is -0.475 e. The zero-order valence-electron chi connectivity index (χ0n) is 11.9. The Kier molecular flexibility index (Phi) is 8.64. The lowest BCUT2D eigenvalue weighted by Gasteiger charge is -2.24. The van der Waals surface area contributed by atoms with Crippen LogP contribution < -0.4 is 5.32 Å². The van der Waals surface area contributed by atoms with E-state index in [2.05, 4.69) is 5.32 Å². The Morgan fingerprint density at radius 3 is 2.27 bits per heavy atom. The minimum atomic E-state index is -5.08. The summed E-state index contributed by atoms with van der Waals surface area (Å²) in [7, 11) is 3.90. The van der Waals surface area contributed by atoms with Crippen LogP contribution in [0.25, 0.3) is 0 Å². The number of carbonyl (C=O) groups excluding carboxylic acids is 1. The highest BCUT2D eigenvalue weighted by atomic mass is 35.5. The lowest BCUT2D eigenvalue weighted by Crippen LogP contribution is -2.42. The zero-order valence-corrected chi connectivity index (χ0v) is 12.6. The van der Waals surface area contributed by atoms with Crippen molar-refractivity contribution >= 4 is 23.5 Å². The highest BCUT2D eigenvalue weighted by molar-refractivity contribution is 6.29. The molecule has 1 rings (SSSR count). The third-order valence-corrected chi connectivity index (χ3v) is 3.01. The van der Waals surface area contributed by atoms with Crippen molar-refractivity contribution in [2.24, 2.45) is 5.92 Å². The molecule has 1 amide bonds. The fourth-order valence-electron chi connectivity index (χ4n) is 1.66. The van der Waals surface area contributed by atoms with Gasteiger partial charge in [0.05, 0.1) is 13.2 Å². The third kappa shape index (κ3) is 7.76. The van der Waals surface area contributed by atoms with E-state index in [9.17, 15) is 22.4 Å². The molecule has 1 unspecified atom stereocenters. The van der Waals surface area contributed by atoms with Crippen LogP contribution in [0.5, 0.6) is 0 Å². The van der Waals surface area contributed by atoms with Crippen molar-refractivity contribution in [3.8, 4) is 0 Å². The number of aliphatic carboxylic acids is 1. The van der Waals surface area contributed by atoms with Crippen LogP contribution in [0.1, 0.15) is 0 Å². The van der Waals surface area contributed by atoms with Crippen molar-refractivity contribution in [2.75, 3.05) is 33.9 Å². The molecule has 0 spiro atoms. The maximum atomic E-state index is 12.3. The zero-order chi connectivity index (χ0) is 17.5. The van der Waals surface area contributed by atoms with Gasteiger partial charge in [-0.1, -0.05) is 11.6 Å². The molecule has 0 saturated carbocycles. The van der Waals surface area contributed by atoms with Gasteiger partial charge in [-0.15, -0.1) is 0 Å². The summed E-state index contributed by atoms with van der Waals surface area (Å²) in [5.74, 6) is -3.34. The molecule has 1 saturated heterocycles. The van der Waals surface area contributed by atoms with Gasteiger partial charge < -0.3 is 20.1 Å². The van der Waals surface area contributed by atoms with Gasteiger partial charge in [-0.3, -0.25) is 4.79 Å². The molecule has 0 aliphatic carbocycles. The van der Waals surface area contributed by atoms with Crippen LogP contribution in [-0.2, 0) is 14.3 Å². The Balaban J connectivity index is 0.000000534. The number of hydrogen-bond donors (Lipinski definition) is 2. The Hall–Kier alpha value is -1.13. The number of hydrogen-bond acceptors (Lipinski definition) is 4. The van der Waals surface area contributed by atoms with Gasteiger partial charge in [0.15, 0.2) is 0 Å². The number of amides is 1. The highest BCUT2D eigenvalue weighted by Crippen LogP contribution is 2.16. The molecule has 1 fully saturated rings. The summed E-state index contributed by atoms with van der Waals surface area (Å²) in [5.41, 5.74) is -1.97. The van der Waals surface area contributed by atoms with Gasteiger partial charge in [-0.25, -0.2) is 9.18 Å². The Labute approximate surface area is 129 Å². The quantitative estimate of drug-likeness (QED) is 0.579. The summed E-state index contributed by atoms with van der Waals surface area (Å²) >= 11 is 4.99. The Bertz CT molecular complexity index is 380. The maximum Gasteiger partial charge on any atom is 0.490 e. The second kappa shape index (κ2) is 9.11. The summed E-state index contributed by atoms with van der Waals surface area (Å²) < 4.78 is 49.4. The molecule has 0 radical (unpaired) electrons. The summed E-state index contributed by atoms with van der Waals surface area (Å²) in [6, 6.07) is 0.263. The number of nitrogens with one attached hydrogen (secondary N) is 1. The first-order valence-electron chi connectivity index (χ1n) is 6.07. The first kappa shape index (κ1) is 20.9. The largest absolute Gasteiger partial charge is 0.490 e. The minimum absolute atomic E-state index is 0.194. The van der Waals surface area contributed by atoms with Crippen LogP contribution in [0.3, 0.4) is 0 Å². The Morgan fingerprint density at radius 1 is 1.41 bits per heavy atom. The van der Waals surface area contributed by atoms with Gasteiger partial charge in [-0.2, -0.15) is 13.2 Å². The SMILES string of the molecule is CN(C)[C@@H]1COC[C@H]1CNC(=O)C(F)Cl.O=C(O)C(F)(F)F. The predicted octanol–water partition coefficient (Wildman–Crippen LogP) is 0.847. The standard InChI is InChI=1S/C9H16ClFN2O2.C2HF3O2/c1-13(2)7-5-15-4-6(7)3-12-9(14)8(10)11;3-2(4,5)1(6)7/h6-8H,3-5H2,1-2H3,(H,12,14);(H,6,7)/t6-,7-,8?;/m1./s1. The fourth-order valence-corrected chi connectivity index (χ4v) is 1.74. The molecule has 130 valence electrons. The topological polar surface area (TPSA) is 78.9 Å². The molecule has 2 N–H and O–H groups in total. The molecule has 0 bridgehead atoms. The van der Waals surface area contributed by atoms with E-state index in [0.29, 0.717) is 19.8 Å². The monoisotopic (exact) mass is 352 g/mol. The summed E-state index contributed by atoms with van der Waals surface area (Å²) in [6.45, 7) is 1.63. The number of rotatable bonds is 4. The number of nitrogens with zero attached hydrogens (tertiary/aromatic N) is 1. The van der Waals surface area contributed by atoms with Crippen LogP contribution in [0, 0.1) is 5.92 Å². The molecule has 0 aromatic rings. The predicted molar refractivity (Wildman–Crippen MR) is 69.2 cm³/mol. The van der Waals surface area contributed by atoms with Crippen molar-refractivity contribution in [3.05, 3.63) is 0 Å². The van der Waals surface area contributed by atoms with Gasteiger partial charge >= 0.3 is 12.1 Å². The number of likely N-dealkylation sites (N-methyl/N-ethyl adjacent to an activating group) is 1. The third-order valence-electron chi connectivity index (χ3n) is 2.81. The second-order valence-corrected chi connectivity index (χ2v) is 5.06. The van der Waals surface area contributed by atoms with Crippen molar-refractivity contribution in [3.63, 3.8) is 0 Å². The van der Waals surface area contributed by atoms with E-state index in [1.165, 1.54) is 0 Å². The van der Waals surface area contributed by atoms with E-state index in [4.69, 9.17) is 26.2 Å². The first-order chi connectivity index (χ1) is 9.96. The average Bonchev–Trinajstić information content (AvgIpc) is 2.83. The van der Waals surface area contributed by atoms with Crippen LogP contribution in [-0.4, -0.2) is 73.6 Å². The number of ether oxygens (including phenoxy) is 1. The van der Waals surface area contributed by atoms with E-state index in [0.717, 1.165) is 0 Å². The molecule has 3 atom stereocenters. The van der Waals surface area contributed by atoms with Gasteiger partial charge in [-0.05, 0) is 14.1 Å². The van der Waals surface area contributed by atoms with E-state index >= 15 is 0 Å². The van der Waals surface area contributed by atoms with Crippen LogP contribution in [0.15, 0.2) is 0 Å². The molecule has 6 nitrogen and oxygen atoms in total. The second-order valence-electron chi connectivity index (χ2n) is 4.68. The highest BCUT2D eigenvalue weighted by Gasteiger charge is 2.38. The molecule has 1 aliphatic heterocycles. The van der Waals surface area contributed by atoms with Crippen molar-refractivity contribution < 1.29 is 37.0 Å². The molecule has 22 heavy (non-hydrogen) atoms. The average molecular weight is 353 g/mol. The molecule has 0 aromatic carbocycles. The summed E-state index contributed by atoms with van der Waals surface area (Å²) in [5, 5.41) is 9.58.